The highest BCUT2D eigenvalue weighted by Crippen LogP contribution is 2.27. The van der Waals surface area contributed by atoms with Crippen molar-refractivity contribution in [2.75, 3.05) is 0 Å². The summed E-state index contributed by atoms with van der Waals surface area (Å²) in [4.78, 5) is 0. The summed E-state index contributed by atoms with van der Waals surface area (Å²) in [5.74, 6) is 0.665. The lowest BCUT2D eigenvalue weighted by atomic mass is 9.85. The van der Waals surface area contributed by atoms with E-state index in [0.29, 0.717) is 12.3 Å². The first-order valence-electron chi connectivity index (χ1n) is 5.24. The number of hydrogen-bond acceptors (Lipinski definition) is 1. The smallest absolute Gasteiger partial charge is 0.253 e. The summed E-state index contributed by atoms with van der Waals surface area (Å²) in [5.41, 5.74) is 5.28. The molecule has 78 valence electrons. The first-order valence-corrected chi connectivity index (χ1v) is 5.24. The molecule has 0 heterocycles. The molecular formula is C10H19F2N. The van der Waals surface area contributed by atoms with E-state index in [2.05, 4.69) is 0 Å². The van der Waals surface area contributed by atoms with Crippen LogP contribution in [0.4, 0.5) is 8.78 Å². The van der Waals surface area contributed by atoms with E-state index in [4.69, 9.17) is 5.73 Å². The van der Waals surface area contributed by atoms with Crippen molar-refractivity contribution in [3.63, 3.8) is 0 Å². The van der Waals surface area contributed by atoms with Crippen molar-refractivity contribution in [1.29, 1.82) is 0 Å². The zero-order valence-electron chi connectivity index (χ0n) is 8.02. The zero-order chi connectivity index (χ0) is 9.68. The fraction of sp³-hybridized carbons (Fsp3) is 1.00. The van der Waals surface area contributed by atoms with Crippen LogP contribution >= 0.6 is 0 Å². The number of rotatable bonds is 4. The molecule has 1 saturated carbocycles. The third-order valence-electron chi connectivity index (χ3n) is 2.96. The standard InChI is InChI=1S/C10H19F2N/c11-10(12)9(13)7-6-8-4-2-1-3-5-8/h8-10H,1-7,13H2. The molecule has 2 N–H and O–H groups in total. The van der Waals surface area contributed by atoms with Crippen LogP contribution in [0, 0.1) is 5.92 Å². The summed E-state index contributed by atoms with van der Waals surface area (Å²) in [7, 11) is 0. The van der Waals surface area contributed by atoms with Crippen molar-refractivity contribution >= 4 is 0 Å². The Hall–Kier alpha value is -0.180. The minimum Gasteiger partial charge on any atom is -0.323 e. The largest absolute Gasteiger partial charge is 0.323 e. The van der Waals surface area contributed by atoms with Crippen LogP contribution in [0.1, 0.15) is 44.9 Å². The van der Waals surface area contributed by atoms with Crippen molar-refractivity contribution in [1.82, 2.24) is 0 Å². The molecule has 1 aliphatic rings. The topological polar surface area (TPSA) is 26.0 Å². The molecule has 0 aliphatic heterocycles. The fourth-order valence-electron chi connectivity index (χ4n) is 2.03. The van der Waals surface area contributed by atoms with Crippen LogP contribution in [0.3, 0.4) is 0 Å². The highest BCUT2D eigenvalue weighted by Gasteiger charge is 2.18. The van der Waals surface area contributed by atoms with Crippen LogP contribution in [0.15, 0.2) is 0 Å². The van der Waals surface area contributed by atoms with E-state index in [-0.39, 0.29) is 0 Å². The lowest BCUT2D eigenvalue weighted by molar-refractivity contribution is 0.107. The molecule has 1 aliphatic carbocycles. The Morgan fingerprint density at radius 2 is 1.77 bits per heavy atom. The highest BCUT2D eigenvalue weighted by atomic mass is 19.3. The minimum atomic E-state index is -2.34. The molecule has 0 saturated heterocycles. The number of halogens is 2. The number of nitrogens with two attached hydrogens (primary N) is 1. The van der Waals surface area contributed by atoms with Gasteiger partial charge in [0.25, 0.3) is 6.43 Å². The predicted molar refractivity (Wildman–Crippen MR) is 49.8 cm³/mol. The third kappa shape index (κ3) is 4.03. The van der Waals surface area contributed by atoms with Gasteiger partial charge in [0.15, 0.2) is 0 Å². The summed E-state index contributed by atoms with van der Waals surface area (Å²) in [6, 6.07) is -0.901. The average Bonchev–Trinajstić information content (AvgIpc) is 2.15. The molecule has 0 radical (unpaired) electrons. The first kappa shape index (κ1) is 10.9. The van der Waals surface area contributed by atoms with Gasteiger partial charge in [-0.25, -0.2) is 8.78 Å². The SMILES string of the molecule is NC(CCC1CCCCC1)C(F)F. The third-order valence-corrected chi connectivity index (χ3v) is 2.96. The van der Waals surface area contributed by atoms with Gasteiger partial charge in [-0.1, -0.05) is 32.1 Å². The summed E-state index contributed by atoms with van der Waals surface area (Å²) < 4.78 is 24.1. The monoisotopic (exact) mass is 191 g/mol. The Labute approximate surface area is 78.7 Å². The molecule has 0 spiro atoms. The zero-order valence-corrected chi connectivity index (χ0v) is 8.02. The van der Waals surface area contributed by atoms with Gasteiger partial charge >= 0.3 is 0 Å². The molecule has 0 aromatic carbocycles. The molecule has 1 nitrogen and oxygen atoms in total. The van der Waals surface area contributed by atoms with E-state index < -0.39 is 12.5 Å². The fourth-order valence-corrected chi connectivity index (χ4v) is 2.03. The van der Waals surface area contributed by atoms with Crippen molar-refractivity contribution in [3.05, 3.63) is 0 Å². The van der Waals surface area contributed by atoms with Gasteiger partial charge in [0.05, 0.1) is 6.04 Å². The van der Waals surface area contributed by atoms with Crippen molar-refractivity contribution < 1.29 is 8.78 Å². The Kier molecular flexibility index (Phi) is 4.64. The van der Waals surface area contributed by atoms with Gasteiger partial charge in [-0.3, -0.25) is 0 Å². The van der Waals surface area contributed by atoms with Gasteiger partial charge in [0.1, 0.15) is 0 Å². The van der Waals surface area contributed by atoms with Crippen LogP contribution in [-0.2, 0) is 0 Å². The van der Waals surface area contributed by atoms with E-state index >= 15 is 0 Å². The number of hydrogen-bond donors (Lipinski definition) is 1. The molecule has 0 aromatic rings. The lowest BCUT2D eigenvalue weighted by Crippen LogP contribution is -2.29. The van der Waals surface area contributed by atoms with E-state index in [0.717, 1.165) is 6.42 Å². The summed E-state index contributed by atoms with van der Waals surface area (Å²) >= 11 is 0. The van der Waals surface area contributed by atoms with Crippen LogP contribution in [0.2, 0.25) is 0 Å². The maximum atomic E-state index is 12.1. The Morgan fingerprint density at radius 1 is 1.15 bits per heavy atom. The van der Waals surface area contributed by atoms with Crippen LogP contribution in [0.5, 0.6) is 0 Å². The van der Waals surface area contributed by atoms with Crippen LogP contribution < -0.4 is 5.73 Å². The van der Waals surface area contributed by atoms with E-state index in [1.54, 1.807) is 0 Å². The second kappa shape index (κ2) is 5.53. The van der Waals surface area contributed by atoms with Gasteiger partial charge < -0.3 is 5.73 Å². The van der Waals surface area contributed by atoms with Gasteiger partial charge in [0.2, 0.25) is 0 Å². The van der Waals surface area contributed by atoms with E-state index in [1.165, 1.54) is 32.1 Å². The summed E-state index contributed by atoms with van der Waals surface area (Å²) in [6.45, 7) is 0. The van der Waals surface area contributed by atoms with E-state index in [9.17, 15) is 8.78 Å². The molecule has 0 bridgehead atoms. The molecule has 1 fully saturated rings. The quantitative estimate of drug-likeness (QED) is 0.726. The van der Waals surface area contributed by atoms with Crippen LogP contribution in [0.25, 0.3) is 0 Å². The van der Waals surface area contributed by atoms with E-state index in [1.807, 2.05) is 0 Å². The molecule has 3 heteroatoms. The molecule has 1 atom stereocenters. The average molecular weight is 191 g/mol. The second-order valence-corrected chi connectivity index (χ2v) is 4.08. The molecule has 0 amide bonds. The molecular weight excluding hydrogens is 172 g/mol. The normalized spacial score (nSPS) is 22.2. The Bertz CT molecular complexity index is 133. The Morgan fingerprint density at radius 3 is 2.31 bits per heavy atom. The molecule has 13 heavy (non-hydrogen) atoms. The summed E-state index contributed by atoms with van der Waals surface area (Å²) in [5, 5.41) is 0. The van der Waals surface area contributed by atoms with Gasteiger partial charge in [0, 0.05) is 0 Å². The first-order chi connectivity index (χ1) is 6.20. The maximum absolute atomic E-state index is 12.1. The summed E-state index contributed by atoms with van der Waals surface area (Å²) in [6.07, 6.45) is 5.34. The molecule has 1 unspecified atom stereocenters. The number of alkyl halides is 2. The van der Waals surface area contributed by atoms with Crippen molar-refractivity contribution in [2.24, 2.45) is 11.7 Å². The maximum Gasteiger partial charge on any atom is 0.253 e. The second-order valence-electron chi connectivity index (χ2n) is 4.08. The Balaban J connectivity index is 2.10. The van der Waals surface area contributed by atoms with Crippen LogP contribution in [-0.4, -0.2) is 12.5 Å². The van der Waals surface area contributed by atoms with Gasteiger partial charge in [-0.05, 0) is 18.8 Å². The lowest BCUT2D eigenvalue weighted by Gasteiger charge is -2.22. The highest BCUT2D eigenvalue weighted by molar-refractivity contribution is 4.70. The van der Waals surface area contributed by atoms with Gasteiger partial charge in [-0.2, -0.15) is 0 Å². The van der Waals surface area contributed by atoms with Crippen molar-refractivity contribution in [3.8, 4) is 0 Å². The van der Waals surface area contributed by atoms with Crippen molar-refractivity contribution in [2.45, 2.75) is 57.4 Å². The molecule has 1 rings (SSSR count). The van der Waals surface area contributed by atoms with Gasteiger partial charge in [-0.15, -0.1) is 0 Å². The minimum absolute atomic E-state index is 0.488. The predicted octanol–water partition coefficient (Wildman–Crippen LogP) is 2.94. The molecule has 0 aromatic heterocycles.